The van der Waals surface area contributed by atoms with Gasteiger partial charge in [-0.3, -0.25) is 9.69 Å². The first-order chi connectivity index (χ1) is 11.4. The van der Waals surface area contributed by atoms with Gasteiger partial charge >= 0.3 is 5.97 Å². The molecule has 0 aliphatic carbocycles. The Morgan fingerprint density at radius 2 is 1.79 bits per heavy atom. The van der Waals surface area contributed by atoms with Gasteiger partial charge in [0.25, 0.3) is 0 Å². The Morgan fingerprint density at radius 3 is 2.42 bits per heavy atom. The van der Waals surface area contributed by atoms with E-state index in [9.17, 15) is 4.79 Å². The highest BCUT2D eigenvalue weighted by Gasteiger charge is 2.23. The molecule has 0 aromatic heterocycles. The zero-order chi connectivity index (χ0) is 17.6. The van der Waals surface area contributed by atoms with Crippen molar-refractivity contribution in [3.63, 3.8) is 0 Å². The lowest BCUT2D eigenvalue weighted by Crippen LogP contribution is -2.46. The molecule has 0 saturated carbocycles. The molecule has 0 N–H and O–H groups in total. The molecule has 0 spiro atoms. The summed E-state index contributed by atoms with van der Waals surface area (Å²) in [4.78, 5) is 16.5. The van der Waals surface area contributed by atoms with Gasteiger partial charge in [-0.2, -0.15) is 0 Å². The lowest BCUT2D eigenvalue weighted by atomic mass is 9.97. The maximum absolute atomic E-state index is 11.7. The quantitative estimate of drug-likeness (QED) is 0.591. The maximum Gasteiger partial charge on any atom is 0.311 e. The normalized spacial score (nSPS) is 16.1. The highest BCUT2D eigenvalue weighted by Crippen LogP contribution is 2.28. The average molecular weight is 334 g/mol. The zero-order valence-electron chi connectivity index (χ0n) is 15.4. The van der Waals surface area contributed by atoms with E-state index in [2.05, 4.69) is 15.9 Å². The van der Waals surface area contributed by atoms with Gasteiger partial charge in [0.05, 0.1) is 24.8 Å². The molecule has 1 saturated heterocycles. The van der Waals surface area contributed by atoms with Crippen LogP contribution in [0.25, 0.3) is 0 Å². The van der Waals surface area contributed by atoms with Crippen molar-refractivity contribution in [2.75, 3.05) is 51.3 Å². The van der Waals surface area contributed by atoms with Crippen LogP contribution in [0, 0.1) is 5.41 Å². The van der Waals surface area contributed by atoms with E-state index in [1.54, 1.807) is 7.11 Å². The summed E-state index contributed by atoms with van der Waals surface area (Å²) in [6, 6.07) is 8.16. The topological polar surface area (TPSA) is 42.0 Å². The molecular weight excluding hydrogens is 304 g/mol. The molecule has 5 nitrogen and oxygen atoms in total. The van der Waals surface area contributed by atoms with Gasteiger partial charge in [-0.25, -0.2) is 0 Å². The number of esters is 1. The van der Waals surface area contributed by atoms with E-state index in [-0.39, 0.29) is 5.97 Å². The fourth-order valence-corrected chi connectivity index (χ4v) is 2.77. The zero-order valence-corrected chi connectivity index (χ0v) is 15.4. The Bertz CT molecular complexity index is 532. The van der Waals surface area contributed by atoms with Crippen LogP contribution in [0.4, 0.5) is 5.69 Å². The minimum Gasteiger partial charge on any atom is -0.495 e. The van der Waals surface area contributed by atoms with Crippen molar-refractivity contribution in [3.8, 4) is 5.75 Å². The van der Waals surface area contributed by atoms with Crippen LogP contribution in [0.5, 0.6) is 5.75 Å². The molecule has 1 aliphatic rings. The van der Waals surface area contributed by atoms with Crippen LogP contribution >= 0.6 is 0 Å². The smallest absolute Gasteiger partial charge is 0.311 e. The van der Waals surface area contributed by atoms with Crippen molar-refractivity contribution < 1.29 is 14.3 Å². The SMILES string of the molecule is COc1ccccc1N1CCN(CCCOC(=O)C(C)(C)C)CC1. The molecule has 0 radical (unpaired) electrons. The summed E-state index contributed by atoms with van der Waals surface area (Å²) in [6.07, 6.45) is 0.885. The number of ether oxygens (including phenoxy) is 2. The number of rotatable bonds is 6. The minimum atomic E-state index is -0.416. The molecule has 1 aliphatic heterocycles. The van der Waals surface area contributed by atoms with Crippen molar-refractivity contribution >= 4 is 11.7 Å². The van der Waals surface area contributed by atoms with E-state index in [0.29, 0.717) is 6.61 Å². The second-order valence-corrected chi connectivity index (χ2v) is 7.24. The second-order valence-electron chi connectivity index (χ2n) is 7.24. The first-order valence-corrected chi connectivity index (χ1v) is 8.69. The van der Waals surface area contributed by atoms with E-state index in [1.165, 1.54) is 5.69 Å². The molecular formula is C19H30N2O3. The lowest BCUT2D eigenvalue weighted by molar-refractivity contribution is -0.153. The van der Waals surface area contributed by atoms with Gasteiger partial charge < -0.3 is 14.4 Å². The Hall–Kier alpha value is -1.75. The number of para-hydroxylation sites is 2. The van der Waals surface area contributed by atoms with Crippen LogP contribution in [0.1, 0.15) is 27.2 Å². The maximum atomic E-state index is 11.7. The molecule has 24 heavy (non-hydrogen) atoms. The highest BCUT2D eigenvalue weighted by atomic mass is 16.5. The van der Waals surface area contributed by atoms with Crippen molar-refractivity contribution in [2.45, 2.75) is 27.2 Å². The molecule has 2 rings (SSSR count). The third-order valence-corrected chi connectivity index (χ3v) is 4.26. The number of piperazine rings is 1. The van der Waals surface area contributed by atoms with E-state index in [1.807, 2.05) is 39.0 Å². The van der Waals surface area contributed by atoms with Crippen molar-refractivity contribution in [1.82, 2.24) is 4.90 Å². The number of carbonyl (C=O) groups is 1. The summed E-state index contributed by atoms with van der Waals surface area (Å²) in [6.45, 7) is 11.1. The van der Waals surface area contributed by atoms with Crippen LogP contribution < -0.4 is 9.64 Å². The largest absolute Gasteiger partial charge is 0.495 e. The molecule has 0 amide bonds. The summed E-state index contributed by atoms with van der Waals surface area (Å²) >= 11 is 0. The van der Waals surface area contributed by atoms with Crippen molar-refractivity contribution in [3.05, 3.63) is 24.3 Å². The molecule has 134 valence electrons. The van der Waals surface area contributed by atoms with E-state index in [4.69, 9.17) is 9.47 Å². The number of hydrogen-bond acceptors (Lipinski definition) is 5. The average Bonchev–Trinajstić information content (AvgIpc) is 2.58. The first kappa shape index (κ1) is 18.6. The molecule has 1 aromatic rings. The van der Waals surface area contributed by atoms with Gasteiger partial charge in [-0.1, -0.05) is 12.1 Å². The fourth-order valence-electron chi connectivity index (χ4n) is 2.77. The predicted molar refractivity (Wildman–Crippen MR) is 96.7 cm³/mol. The van der Waals surface area contributed by atoms with Crippen LogP contribution in [-0.4, -0.2) is 57.3 Å². The van der Waals surface area contributed by atoms with E-state index < -0.39 is 5.41 Å². The lowest BCUT2D eigenvalue weighted by Gasteiger charge is -2.36. The molecule has 0 bridgehead atoms. The van der Waals surface area contributed by atoms with Gasteiger partial charge in [-0.15, -0.1) is 0 Å². The Kier molecular flexibility index (Phi) is 6.49. The number of benzene rings is 1. The number of hydrogen-bond donors (Lipinski definition) is 0. The standard InChI is InChI=1S/C19H30N2O3/c1-19(2,3)18(22)24-15-7-10-20-11-13-21(14-12-20)16-8-5-6-9-17(16)23-4/h5-6,8-9H,7,10-15H2,1-4H3. The van der Waals surface area contributed by atoms with Crippen LogP contribution in [-0.2, 0) is 9.53 Å². The minimum absolute atomic E-state index is 0.122. The van der Waals surface area contributed by atoms with Crippen LogP contribution in [0.3, 0.4) is 0 Å². The Balaban J connectivity index is 1.71. The summed E-state index contributed by atoms with van der Waals surface area (Å²) in [5.41, 5.74) is 0.749. The van der Waals surface area contributed by atoms with Gasteiger partial charge in [0, 0.05) is 32.7 Å². The summed E-state index contributed by atoms with van der Waals surface area (Å²) in [5.74, 6) is 0.809. The number of carbonyl (C=O) groups excluding carboxylic acids is 1. The fraction of sp³-hybridized carbons (Fsp3) is 0.632. The van der Waals surface area contributed by atoms with Gasteiger partial charge in [0.1, 0.15) is 5.75 Å². The van der Waals surface area contributed by atoms with Gasteiger partial charge in [0.15, 0.2) is 0 Å². The molecule has 0 atom stereocenters. The van der Waals surface area contributed by atoms with Crippen molar-refractivity contribution in [2.24, 2.45) is 5.41 Å². The summed E-state index contributed by atoms with van der Waals surface area (Å²) in [5, 5.41) is 0. The molecule has 0 unspecified atom stereocenters. The van der Waals surface area contributed by atoms with Crippen LogP contribution in [0.15, 0.2) is 24.3 Å². The molecule has 1 aromatic carbocycles. The first-order valence-electron chi connectivity index (χ1n) is 8.69. The summed E-state index contributed by atoms with van der Waals surface area (Å²) < 4.78 is 10.8. The second kappa shape index (κ2) is 8.38. The molecule has 1 heterocycles. The molecule has 5 heteroatoms. The number of nitrogens with zero attached hydrogens (tertiary/aromatic N) is 2. The van der Waals surface area contributed by atoms with Crippen LogP contribution in [0.2, 0.25) is 0 Å². The third kappa shape index (κ3) is 5.13. The number of anilines is 1. The predicted octanol–water partition coefficient (Wildman–Crippen LogP) is 2.80. The Labute approximate surface area is 145 Å². The van der Waals surface area contributed by atoms with Crippen molar-refractivity contribution in [1.29, 1.82) is 0 Å². The Morgan fingerprint density at radius 1 is 1.12 bits per heavy atom. The van der Waals surface area contributed by atoms with E-state index in [0.717, 1.165) is 44.9 Å². The molecule has 1 fully saturated rings. The monoisotopic (exact) mass is 334 g/mol. The van der Waals surface area contributed by atoms with Gasteiger partial charge in [0.2, 0.25) is 0 Å². The van der Waals surface area contributed by atoms with E-state index >= 15 is 0 Å². The van der Waals surface area contributed by atoms with Gasteiger partial charge in [-0.05, 0) is 39.3 Å². The third-order valence-electron chi connectivity index (χ3n) is 4.26. The highest BCUT2D eigenvalue weighted by molar-refractivity contribution is 5.75. The summed E-state index contributed by atoms with van der Waals surface area (Å²) in [7, 11) is 1.72. The number of methoxy groups -OCH3 is 1.